The van der Waals surface area contributed by atoms with Gasteiger partial charge in [-0.25, -0.2) is 0 Å². The molecule has 0 saturated heterocycles. The summed E-state index contributed by atoms with van der Waals surface area (Å²) in [5.74, 6) is 2.68. The van der Waals surface area contributed by atoms with Crippen LogP contribution in [0.2, 0.25) is 0 Å². The Morgan fingerprint density at radius 3 is 2.67 bits per heavy atom. The van der Waals surface area contributed by atoms with Crippen LogP contribution in [0.25, 0.3) is 0 Å². The van der Waals surface area contributed by atoms with Crippen LogP contribution >= 0.6 is 0 Å². The van der Waals surface area contributed by atoms with Crippen LogP contribution in [-0.4, -0.2) is 5.78 Å². The van der Waals surface area contributed by atoms with Gasteiger partial charge in [0, 0.05) is 12.3 Å². The molecule has 0 bridgehead atoms. The lowest BCUT2D eigenvalue weighted by Crippen LogP contribution is -2.61. The van der Waals surface area contributed by atoms with Gasteiger partial charge in [0.15, 0.2) is 0 Å². The number of fused-ring (bicyclic) bond motifs is 4. The highest BCUT2D eigenvalue weighted by Gasteiger charge is 2.65. The molecule has 4 unspecified atom stereocenters. The van der Waals surface area contributed by atoms with Crippen molar-refractivity contribution in [2.45, 2.75) is 52.9 Å². The molecule has 0 aliphatic heterocycles. The Bertz CT molecular complexity index is 317. The summed E-state index contributed by atoms with van der Waals surface area (Å²) in [4.78, 5) is 12.2. The molecular weight excluding hydrogens is 184 g/mol. The van der Waals surface area contributed by atoms with E-state index in [2.05, 4.69) is 20.8 Å². The van der Waals surface area contributed by atoms with Crippen molar-refractivity contribution in [3.8, 4) is 0 Å². The minimum Gasteiger partial charge on any atom is -0.299 e. The first-order valence-corrected chi connectivity index (χ1v) is 6.47. The number of hydrogen-bond donors (Lipinski definition) is 0. The highest BCUT2D eigenvalue weighted by molar-refractivity contribution is 5.85. The Morgan fingerprint density at radius 2 is 1.93 bits per heavy atom. The van der Waals surface area contributed by atoms with E-state index in [0.717, 1.165) is 18.3 Å². The second-order valence-corrected chi connectivity index (χ2v) is 7.17. The average molecular weight is 206 g/mol. The maximum absolute atomic E-state index is 12.2. The first kappa shape index (κ1) is 9.86. The van der Waals surface area contributed by atoms with Crippen LogP contribution in [0.15, 0.2) is 0 Å². The minimum atomic E-state index is 0.260. The molecule has 0 aromatic rings. The summed E-state index contributed by atoms with van der Waals surface area (Å²) in [5.41, 5.74) is 0.635. The minimum absolute atomic E-state index is 0.260. The second kappa shape index (κ2) is 2.67. The normalized spacial score (nSPS) is 51.9. The molecule has 84 valence electrons. The third-order valence-corrected chi connectivity index (χ3v) is 5.41. The average Bonchev–Trinajstić information content (AvgIpc) is 2.45. The van der Waals surface area contributed by atoms with Gasteiger partial charge in [0.1, 0.15) is 5.78 Å². The van der Waals surface area contributed by atoms with E-state index in [1.165, 1.54) is 25.7 Å². The van der Waals surface area contributed by atoms with Gasteiger partial charge in [-0.2, -0.15) is 0 Å². The van der Waals surface area contributed by atoms with Crippen LogP contribution in [-0.2, 0) is 4.79 Å². The maximum Gasteiger partial charge on any atom is 0.137 e. The molecular formula is C14H22O. The largest absolute Gasteiger partial charge is 0.299 e. The molecule has 3 saturated carbocycles. The molecule has 0 aromatic carbocycles. The van der Waals surface area contributed by atoms with E-state index in [1.54, 1.807) is 0 Å². The number of rotatable bonds is 0. The third-order valence-electron chi connectivity index (χ3n) is 5.41. The van der Waals surface area contributed by atoms with Gasteiger partial charge in [-0.1, -0.05) is 27.2 Å². The van der Waals surface area contributed by atoms with Crippen molar-refractivity contribution < 1.29 is 4.79 Å². The van der Waals surface area contributed by atoms with Crippen LogP contribution < -0.4 is 0 Å². The molecule has 3 aliphatic carbocycles. The first-order chi connectivity index (χ1) is 6.94. The summed E-state index contributed by atoms with van der Waals surface area (Å²) in [7, 11) is 0. The molecule has 3 rings (SSSR count). The molecule has 3 fully saturated rings. The number of carbonyl (C=O) groups is 1. The molecule has 0 radical (unpaired) electrons. The monoisotopic (exact) mass is 206 g/mol. The Kier molecular flexibility index (Phi) is 1.76. The van der Waals surface area contributed by atoms with Crippen LogP contribution in [0.5, 0.6) is 0 Å². The van der Waals surface area contributed by atoms with Crippen molar-refractivity contribution in [1.82, 2.24) is 0 Å². The number of ketones is 1. The standard InChI is InChI=1S/C14H22O/c1-13(2)7-11(15)12-9-5-4-6-10(9)14(12,3)8-13/h9-10,12H,4-8H2,1-3H3. The van der Waals surface area contributed by atoms with Crippen molar-refractivity contribution in [2.75, 3.05) is 0 Å². The van der Waals surface area contributed by atoms with Gasteiger partial charge >= 0.3 is 0 Å². The van der Waals surface area contributed by atoms with Crippen LogP contribution in [0.3, 0.4) is 0 Å². The Morgan fingerprint density at radius 1 is 1.20 bits per heavy atom. The zero-order valence-corrected chi connectivity index (χ0v) is 10.2. The van der Waals surface area contributed by atoms with E-state index in [1.807, 2.05) is 0 Å². The van der Waals surface area contributed by atoms with Crippen LogP contribution in [0.1, 0.15) is 52.9 Å². The number of Topliss-reactive ketones (excluding diaryl/α,β-unsaturated/α-hetero) is 1. The highest BCUT2D eigenvalue weighted by atomic mass is 16.1. The molecule has 1 heteroatoms. The molecule has 0 amide bonds. The second-order valence-electron chi connectivity index (χ2n) is 7.17. The summed E-state index contributed by atoms with van der Waals surface area (Å²) >= 11 is 0. The van der Waals surface area contributed by atoms with Gasteiger partial charge in [0.2, 0.25) is 0 Å². The van der Waals surface area contributed by atoms with Gasteiger partial charge < -0.3 is 0 Å². The Labute approximate surface area is 92.6 Å². The maximum atomic E-state index is 12.2. The van der Waals surface area contributed by atoms with E-state index in [0.29, 0.717) is 17.1 Å². The molecule has 0 N–H and O–H groups in total. The summed E-state index contributed by atoms with van der Waals surface area (Å²) < 4.78 is 0. The van der Waals surface area contributed by atoms with Crippen molar-refractivity contribution in [3.63, 3.8) is 0 Å². The van der Waals surface area contributed by atoms with Crippen molar-refractivity contribution in [1.29, 1.82) is 0 Å². The SMILES string of the molecule is CC1(C)CC(=O)C2C3CCCC3C2(C)C1. The van der Waals surface area contributed by atoms with Gasteiger partial charge in [0.25, 0.3) is 0 Å². The van der Waals surface area contributed by atoms with Crippen molar-refractivity contribution >= 4 is 5.78 Å². The Balaban J connectivity index is 1.94. The first-order valence-electron chi connectivity index (χ1n) is 6.47. The van der Waals surface area contributed by atoms with E-state index in [-0.39, 0.29) is 5.41 Å². The van der Waals surface area contributed by atoms with Gasteiger partial charge in [-0.05, 0) is 41.9 Å². The zero-order valence-electron chi connectivity index (χ0n) is 10.2. The zero-order chi connectivity index (χ0) is 10.8. The summed E-state index contributed by atoms with van der Waals surface area (Å²) in [6.45, 7) is 6.94. The quantitative estimate of drug-likeness (QED) is 0.593. The van der Waals surface area contributed by atoms with E-state index < -0.39 is 0 Å². The van der Waals surface area contributed by atoms with E-state index >= 15 is 0 Å². The summed E-state index contributed by atoms with van der Waals surface area (Å²) in [6, 6.07) is 0. The van der Waals surface area contributed by atoms with Gasteiger partial charge in [-0.15, -0.1) is 0 Å². The molecule has 15 heavy (non-hydrogen) atoms. The summed E-state index contributed by atoms with van der Waals surface area (Å²) in [5, 5.41) is 0. The van der Waals surface area contributed by atoms with Crippen molar-refractivity contribution in [3.05, 3.63) is 0 Å². The molecule has 0 spiro atoms. The highest BCUT2D eigenvalue weighted by Crippen LogP contribution is 2.69. The predicted molar refractivity (Wildman–Crippen MR) is 60.5 cm³/mol. The molecule has 1 nitrogen and oxygen atoms in total. The van der Waals surface area contributed by atoms with E-state index in [4.69, 9.17) is 0 Å². The lowest BCUT2D eigenvalue weighted by molar-refractivity contribution is -0.173. The predicted octanol–water partition coefficient (Wildman–Crippen LogP) is 3.43. The lowest BCUT2D eigenvalue weighted by Gasteiger charge is -2.62. The molecule has 4 atom stereocenters. The number of hydrogen-bond acceptors (Lipinski definition) is 1. The van der Waals surface area contributed by atoms with Gasteiger partial charge in [0.05, 0.1) is 0 Å². The topological polar surface area (TPSA) is 17.1 Å². The fourth-order valence-electron chi connectivity index (χ4n) is 5.33. The lowest BCUT2D eigenvalue weighted by atomic mass is 9.41. The Hall–Kier alpha value is -0.330. The van der Waals surface area contributed by atoms with Gasteiger partial charge in [-0.3, -0.25) is 4.79 Å². The summed E-state index contributed by atoms with van der Waals surface area (Å²) in [6.07, 6.45) is 6.20. The van der Waals surface area contributed by atoms with Crippen molar-refractivity contribution in [2.24, 2.45) is 28.6 Å². The van der Waals surface area contributed by atoms with E-state index in [9.17, 15) is 4.79 Å². The third kappa shape index (κ3) is 1.13. The fourth-order valence-corrected chi connectivity index (χ4v) is 5.33. The molecule has 3 aliphatic rings. The van der Waals surface area contributed by atoms with Crippen LogP contribution in [0, 0.1) is 28.6 Å². The molecule has 0 aromatic heterocycles. The van der Waals surface area contributed by atoms with Crippen LogP contribution in [0.4, 0.5) is 0 Å². The molecule has 0 heterocycles. The fraction of sp³-hybridized carbons (Fsp3) is 0.929. The smallest absolute Gasteiger partial charge is 0.137 e. The number of carbonyl (C=O) groups excluding carboxylic acids is 1.